The van der Waals surface area contributed by atoms with E-state index in [4.69, 9.17) is 0 Å². The molecule has 5 heteroatoms. The Balaban J connectivity index is 1.94. The third-order valence-electron chi connectivity index (χ3n) is 2.65. The van der Waals surface area contributed by atoms with Gasteiger partial charge in [-0.3, -0.25) is 19.3 Å². The van der Waals surface area contributed by atoms with Gasteiger partial charge in [0, 0.05) is 25.2 Å². The number of imide groups is 1. The molecule has 0 atom stereocenters. The lowest BCUT2D eigenvalue weighted by Gasteiger charge is -2.19. The van der Waals surface area contributed by atoms with Crippen LogP contribution in [0.15, 0.2) is 12.2 Å². The van der Waals surface area contributed by atoms with Gasteiger partial charge in [-0.1, -0.05) is 0 Å². The van der Waals surface area contributed by atoms with Crippen molar-refractivity contribution in [2.75, 3.05) is 19.6 Å². The van der Waals surface area contributed by atoms with E-state index in [1.54, 1.807) is 4.90 Å². The zero-order valence-electron chi connectivity index (χ0n) is 8.31. The van der Waals surface area contributed by atoms with Crippen LogP contribution < -0.4 is 0 Å². The Kier molecular flexibility index (Phi) is 2.53. The van der Waals surface area contributed by atoms with Crippen LogP contribution in [0.3, 0.4) is 0 Å². The van der Waals surface area contributed by atoms with Crippen LogP contribution in [-0.4, -0.2) is 47.2 Å². The van der Waals surface area contributed by atoms with Crippen LogP contribution in [0, 0.1) is 0 Å². The smallest absolute Gasteiger partial charge is 0.254 e. The third-order valence-corrected chi connectivity index (χ3v) is 2.65. The maximum Gasteiger partial charge on any atom is 0.254 e. The first-order chi connectivity index (χ1) is 7.18. The molecule has 80 valence electrons. The molecule has 2 rings (SSSR count). The number of hydrogen-bond acceptors (Lipinski definition) is 3. The Hall–Kier alpha value is -1.65. The predicted molar refractivity (Wildman–Crippen MR) is 51.7 cm³/mol. The van der Waals surface area contributed by atoms with E-state index >= 15 is 0 Å². The van der Waals surface area contributed by atoms with Gasteiger partial charge in [0.1, 0.15) is 6.54 Å². The number of nitrogens with zero attached hydrogens (tertiary/aromatic N) is 2. The standard InChI is InChI=1S/C10H12N2O3/c13-8-3-4-9(14)12(8)7-10(15)11-5-1-2-6-11/h3-4H,1-2,5-7H2. The van der Waals surface area contributed by atoms with Crippen LogP contribution in [0.5, 0.6) is 0 Å². The summed E-state index contributed by atoms with van der Waals surface area (Å²) < 4.78 is 0. The van der Waals surface area contributed by atoms with Gasteiger partial charge in [0.25, 0.3) is 11.8 Å². The van der Waals surface area contributed by atoms with Crippen molar-refractivity contribution in [2.45, 2.75) is 12.8 Å². The van der Waals surface area contributed by atoms with Crippen molar-refractivity contribution in [1.29, 1.82) is 0 Å². The maximum atomic E-state index is 11.6. The molecule has 0 bridgehead atoms. The molecule has 0 aromatic rings. The molecule has 0 unspecified atom stereocenters. The van der Waals surface area contributed by atoms with E-state index in [9.17, 15) is 14.4 Å². The van der Waals surface area contributed by atoms with Crippen molar-refractivity contribution in [3.8, 4) is 0 Å². The zero-order chi connectivity index (χ0) is 10.8. The molecular formula is C10H12N2O3. The van der Waals surface area contributed by atoms with E-state index < -0.39 is 11.8 Å². The Labute approximate surface area is 87.3 Å². The van der Waals surface area contributed by atoms with Gasteiger partial charge in [-0.15, -0.1) is 0 Å². The second kappa shape index (κ2) is 3.84. The highest BCUT2D eigenvalue weighted by Crippen LogP contribution is 2.10. The SMILES string of the molecule is O=C(CN1C(=O)C=CC1=O)N1CCCC1. The minimum Gasteiger partial charge on any atom is -0.341 e. The van der Waals surface area contributed by atoms with Gasteiger partial charge in [-0.05, 0) is 12.8 Å². The lowest BCUT2D eigenvalue weighted by molar-refractivity contribution is -0.144. The van der Waals surface area contributed by atoms with Gasteiger partial charge < -0.3 is 4.90 Å². The molecule has 0 radical (unpaired) electrons. The van der Waals surface area contributed by atoms with Gasteiger partial charge in [0.15, 0.2) is 0 Å². The molecule has 0 saturated carbocycles. The number of hydrogen-bond donors (Lipinski definition) is 0. The fourth-order valence-electron chi connectivity index (χ4n) is 1.79. The topological polar surface area (TPSA) is 57.7 Å². The summed E-state index contributed by atoms with van der Waals surface area (Å²) in [5.41, 5.74) is 0. The van der Waals surface area contributed by atoms with Crippen molar-refractivity contribution < 1.29 is 14.4 Å². The molecule has 0 N–H and O–H groups in total. The van der Waals surface area contributed by atoms with Crippen molar-refractivity contribution in [1.82, 2.24) is 9.80 Å². The van der Waals surface area contributed by atoms with Gasteiger partial charge in [0.2, 0.25) is 5.91 Å². The molecule has 1 fully saturated rings. The van der Waals surface area contributed by atoms with Crippen LogP contribution in [0.25, 0.3) is 0 Å². The Morgan fingerprint density at radius 3 is 2.20 bits per heavy atom. The van der Waals surface area contributed by atoms with Crippen molar-refractivity contribution >= 4 is 17.7 Å². The highest BCUT2D eigenvalue weighted by atomic mass is 16.2. The van der Waals surface area contributed by atoms with E-state index in [2.05, 4.69) is 0 Å². The zero-order valence-corrected chi connectivity index (χ0v) is 8.31. The fraction of sp³-hybridized carbons (Fsp3) is 0.500. The van der Waals surface area contributed by atoms with Crippen LogP contribution >= 0.6 is 0 Å². The summed E-state index contributed by atoms with van der Waals surface area (Å²) in [6.07, 6.45) is 4.40. The second-order valence-electron chi connectivity index (χ2n) is 3.68. The number of carbonyl (C=O) groups is 3. The van der Waals surface area contributed by atoms with E-state index in [1.165, 1.54) is 12.2 Å². The molecule has 2 heterocycles. The average molecular weight is 208 g/mol. The highest BCUT2D eigenvalue weighted by molar-refractivity contribution is 6.14. The average Bonchev–Trinajstić information content (AvgIpc) is 2.82. The molecule has 15 heavy (non-hydrogen) atoms. The predicted octanol–water partition coefficient (Wildman–Crippen LogP) is -0.466. The third kappa shape index (κ3) is 1.91. The summed E-state index contributed by atoms with van der Waals surface area (Å²) in [7, 11) is 0. The molecule has 0 aromatic carbocycles. The molecule has 3 amide bonds. The van der Waals surface area contributed by atoms with Gasteiger partial charge in [-0.2, -0.15) is 0 Å². The highest BCUT2D eigenvalue weighted by Gasteiger charge is 2.28. The van der Waals surface area contributed by atoms with Crippen LogP contribution in [-0.2, 0) is 14.4 Å². The molecule has 5 nitrogen and oxygen atoms in total. The molecular weight excluding hydrogens is 196 g/mol. The van der Waals surface area contributed by atoms with E-state index in [0.717, 1.165) is 30.8 Å². The number of likely N-dealkylation sites (tertiary alicyclic amines) is 1. The minimum absolute atomic E-state index is 0.120. The molecule has 0 aliphatic carbocycles. The second-order valence-corrected chi connectivity index (χ2v) is 3.68. The van der Waals surface area contributed by atoms with E-state index in [0.29, 0.717) is 0 Å². The quantitative estimate of drug-likeness (QED) is 0.577. The van der Waals surface area contributed by atoms with E-state index in [-0.39, 0.29) is 12.5 Å². The lowest BCUT2D eigenvalue weighted by Crippen LogP contribution is -2.41. The van der Waals surface area contributed by atoms with Crippen LogP contribution in [0.4, 0.5) is 0 Å². The minimum atomic E-state index is -0.396. The van der Waals surface area contributed by atoms with Crippen molar-refractivity contribution in [3.63, 3.8) is 0 Å². The summed E-state index contributed by atoms with van der Waals surface area (Å²) in [5.74, 6) is -0.932. The summed E-state index contributed by atoms with van der Waals surface area (Å²) in [6.45, 7) is 1.36. The normalized spacial score (nSPS) is 20.5. The van der Waals surface area contributed by atoms with Crippen molar-refractivity contribution in [2.24, 2.45) is 0 Å². The first kappa shape index (κ1) is 9.89. The fourth-order valence-corrected chi connectivity index (χ4v) is 1.79. The Bertz CT molecular complexity index is 325. The van der Waals surface area contributed by atoms with E-state index in [1.807, 2.05) is 0 Å². The molecule has 1 saturated heterocycles. The van der Waals surface area contributed by atoms with Crippen molar-refractivity contribution in [3.05, 3.63) is 12.2 Å². The Morgan fingerprint density at radius 2 is 1.67 bits per heavy atom. The Morgan fingerprint density at radius 1 is 1.13 bits per heavy atom. The largest absolute Gasteiger partial charge is 0.341 e. The first-order valence-electron chi connectivity index (χ1n) is 5.00. The summed E-state index contributed by atoms with van der Waals surface area (Å²) >= 11 is 0. The number of carbonyl (C=O) groups excluding carboxylic acids is 3. The molecule has 2 aliphatic rings. The van der Waals surface area contributed by atoms with Gasteiger partial charge in [-0.25, -0.2) is 0 Å². The van der Waals surface area contributed by atoms with Crippen LogP contribution in [0.1, 0.15) is 12.8 Å². The molecule has 0 spiro atoms. The summed E-state index contributed by atoms with van der Waals surface area (Å²) in [6, 6.07) is 0. The number of rotatable bonds is 2. The molecule has 2 aliphatic heterocycles. The van der Waals surface area contributed by atoms with Gasteiger partial charge in [0.05, 0.1) is 0 Å². The number of amides is 3. The monoisotopic (exact) mass is 208 g/mol. The van der Waals surface area contributed by atoms with Gasteiger partial charge >= 0.3 is 0 Å². The maximum absolute atomic E-state index is 11.6. The summed E-state index contributed by atoms with van der Waals surface area (Å²) in [4.78, 5) is 36.7. The van der Waals surface area contributed by atoms with Crippen LogP contribution in [0.2, 0.25) is 0 Å². The molecule has 0 aromatic heterocycles. The first-order valence-corrected chi connectivity index (χ1v) is 5.00. The lowest BCUT2D eigenvalue weighted by atomic mass is 10.4. The summed E-state index contributed by atoms with van der Waals surface area (Å²) in [5, 5.41) is 0.